The highest BCUT2D eigenvalue weighted by Gasteiger charge is 2.20. The largest absolute Gasteiger partial charge is 0.311 e. The summed E-state index contributed by atoms with van der Waals surface area (Å²) in [5, 5.41) is 3.56. The maximum absolute atomic E-state index is 4.42. The first-order valence-corrected chi connectivity index (χ1v) is 6.88. The summed E-state index contributed by atoms with van der Waals surface area (Å²) in [5.74, 6) is 1.76. The minimum absolute atomic E-state index is 0.870. The Kier molecular flexibility index (Phi) is 4.55. The molecule has 1 aromatic heterocycles. The Labute approximate surface area is 105 Å². The van der Waals surface area contributed by atoms with Crippen LogP contribution in [0.5, 0.6) is 0 Å². The molecule has 2 heteroatoms. The van der Waals surface area contributed by atoms with Gasteiger partial charge in [0.25, 0.3) is 0 Å². The predicted molar refractivity (Wildman–Crippen MR) is 71.8 cm³/mol. The number of aryl methyl sites for hydroxylation is 1. The van der Waals surface area contributed by atoms with E-state index in [0.29, 0.717) is 0 Å². The number of hydrogen-bond acceptors (Lipinski definition) is 2. The van der Waals surface area contributed by atoms with Gasteiger partial charge < -0.3 is 5.32 Å². The molecule has 0 amide bonds. The van der Waals surface area contributed by atoms with E-state index in [2.05, 4.69) is 36.3 Å². The lowest BCUT2D eigenvalue weighted by atomic mass is 9.80. The molecule has 1 aliphatic carbocycles. The average Bonchev–Trinajstić information content (AvgIpc) is 2.34. The van der Waals surface area contributed by atoms with Gasteiger partial charge in [-0.15, -0.1) is 0 Å². The molecule has 0 aliphatic heterocycles. The second-order valence-electron chi connectivity index (χ2n) is 5.48. The van der Waals surface area contributed by atoms with Crippen molar-refractivity contribution in [2.24, 2.45) is 11.8 Å². The summed E-state index contributed by atoms with van der Waals surface area (Å²) in [5.41, 5.74) is 2.38. The summed E-state index contributed by atoms with van der Waals surface area (Å²) >= 11 is 0. The molecule has 1 fully saturated rings. The van der Waals surface area contributed by atoms with Crippen LogP contribution in [-0.2, 0) is 6.54 Å². The lowest BCUT2D eigenvalue weighted by Crippen LogP contribution is -2.29. The average molecular weight is 232 g/mol. The third kappa shape index (κ3) is 3.81. The van der Waals surface area contributed by atoms with Crippen molar-refractivity contribution in [1.29, 1.82) is 0 Å². The molecule has 1 aromatic rings. The summed E-state index contributed by atoms with van der Waals surface area (Å²) in [6, 6.07) is 4.25. The highest BCUT2D eigenvalue weighted by molar-refractivity contribution is 5.11. The molecule has 1 N–H and O–H groups in total. The molecule has 0 aromatic carbocycles. The Balaban J connectivity index is 1.73. The quantitative estimate of drug-likeness (QED) is 0.861. The fourth-order valence-electron chi connectivity index (χ4n) is 2.68. The molecule has 0 radical (unpaired) electrons. The molecule has 2 nitrogen and oxygen atoms in total. The van der Waals surface area contributed by atoms with E-state index in [1.165, 1.54) is 31.2 Å². The summed E-state index contributed by atoms with van der Waals surface area (Å²) in [6.07, 6.45) is 7.60. The molecule has 94 valence electrons. The highest BCUT2D eigenvalue weighted by Crippen LogP contribution is 2.28. The first-order valence-electron chi connectivity index (χ1n) is 6.88. The normalized spacial score (nSPS) is 24.8. The van der Waals surface area contributed by atoms with Crippen molar-refractivity contribution in [3.8, 4) is 0 Å². The maximum atomic E-state index is 4.42. The zero-order valence-corrected chi connectivity index (χ0v) is 11.1. The Bertz CT molecular complexity index is 331. The first-order chi connectivity index (χ1) is 8.25. The third-order valence-corrected chi connectivity index (χ3v) is 3.97. The fourth-order valence-corrected chi connectivity index (χ4v) is 2.68. The molecule has 0 spiro atoms. The summed E-state index contributed by atoms with van der Waals surface area (Å²) in [6.45, 7) is 6.53. The maximum Gasteiger partial charge on any atom is 0.0541 e. The van der Waals surface area contributed by atoms with Crippen molar-refractivity contribution < 1.29 is 0 Å². The van der Waals surface area contributed by atoms with Gasteiger partial charge in [0.1, 0.15) is 0 Å². The molecule has 2 atom stereocenters. The van der Waals surface area contributed by atoms with Gasteiger partial charge in [-0.1, -0.05) is 32.3 Å². The standard InChI is InChI=1S/C15H24N2/c1-12-7-8-15(17-9-12)11-16-10-14-6-4-3-5-13(14)2/h7-9,13-14,16H,3-6,10-11H2,1-2H3. The van der Waals surface area contributed by atoms with Gasteiger partial charge in [-0.25, -0.2) is 0 Å². The van der Waals surface area contributed by atoms with Crippen LogP contribution in [0.2, 0.25) is 0 Å². The Morgan fingerprint density at radius 2 is 2.12 bits per heavy atom. The van der Waals surface area contributed by atoms with Gasteiger partial charge in [0.05, 0.1) is 5.69 Å². The van der Waals surface area contributed by atoms with Crippen LogP contribution < -0.4 is 5.32 Å². The van der Waals surface area contributed by atoms with Crippen molar-refractivity contribution in [3.05, 3.63) is 29.6 Å². The van der Waals surface area contributed by atoms with Crippen LogP contribution in [-0.4, -0.2) is 11.5 Å². The topological polar surface area (TPSA) is 24.9 Å². The number of pyridine rings is 1. The smallest absolute Gasteiger partial charge is 0.0541 e. The first kappa shape index (κ1) is 12.6. The molecular formula is C15H24N2. The molecule has 1 saturated carbocycles. The van der Waals surface area contributed by atoms with E-state index in [4.69, 9.17) is 0 Å². The van der Waals surface area contributed by atoms with Crippen LogP contribution in [0.25, 0.3) is 0 Å². The van der Waals surface area contributed by atoms with Crippen LogP contribution >= 0.6 is 0 Å². The summed E-state index contributed by atoms with van der Waals surface area (Å²) < 4.78 is 0. The van der Waals surface area contributed by atoms with Crippen LogP contribution in [0.1, 0.15) is 43.9 Å². The Hall–Kier alpha value is -0.890. The molecule has 0 saturated heterocycles. The van der Waals surface area contributed by atoms with E-state index >= 15 is 0 Å². The van der Waals surface area contributed by atoms with Crippen LogP contribution in [0.15, 0.2) is 18.3 Å². The molecular weight excluding hydrogens is 208 g/mol. The van der Waals surface area contributed by atoms with Crippen molar-refractivity contribution >= 4 is 0 Å². The number of aromatic nitrogens is 1. The Morgan fingerprint density at radius 1 is 1.29 bits per heavy atom. The van der Waals surface area contributed by atoms with Gasteiger partial charge in [0.2, 0.25) is 0 Å². The number of nitrogens with one attached hydrogen (secondary N) is 1. The van der Waals surface area contributed by atoms with Crippen molar-refractivity contribution in [3.63, 3.8) is 0 Å². The second kappa shape index (κ2) is 6.15. The van der Waals surface area contributed by atoms with Gasteiger partial charge in [0.15, 0.2) is 0 Å². The molecule has 1 aliphatic rings. The fraction of sp³-hybridized carbons (Fsp3) is 0.667. The summed E-state index contributed by atoms with van der Waals surface area (Å²) in [7, 11) is 0. The van der Waals surface area contributed by atoms with Crippen LogP contribution in [0, 0.1) is 18.8 Å². The van der Waals surface area contributed by atoms with Crippen LogP contribution in [0.3, 0.4) is 0 Å². The summed E-state index contributed by atoms with van der Waals surface area (Å²) in [4.78, 5) is 4.42. The molecule has 0 bridgehead atoms. The molecule has 2 unspecified atom stereocenters. The predicted octanol–water partition coefficient (Wildman–Crippen LogP) is 3.31. The second-order valence-corrected chi connectivity index (χ2v) is 5.48. The van der Waals surface area contributed by atoms with E-state index < -0.39 is 0 Å². The van der Waals surface area contributed by atoms with Crippen molar-refractivity contribution in [1.82, 2.24) is 10.3 Å². The van der Waals surface area contributed by atoms with E-state index in [-0.39, 0.29) is 0 Å². The zero-order valence-electron chi connectivity index (χ0n) is 11.1. The number of rotatable bonds is 4. The third-order valence-electron chi connectivity index (χ3n) is 3.97. The van der Waals surface area contributed by atoms with E-state index in [0.717, 1.165) is 30.6 Å². The van der Waals surface area contributed by atoms with Gasteiger partial charge in [-0.2, -0.15) is 0 Å². The molecule has 17 heavy (non-hydrogen) atoms. The lowest BCUT2D eigenvalue weighted by molar-refractivity contribution is 0.247. The van der Waals surface area contributed by atoms with E-state index in [1.54, 1.807) is 0 Å². The lowest BCUT2D eigenvalue weighted by Gasteiger charge is -2.28. The SMILES string of the molecule is Cc1ccc(CNCC2CCCCC2C)nc1. The van der Waals surface area contributed by atoms with Crippen molar-refractivity contribution in [2.45, 2.75) is 46.1 Å². The molecule has 1 heterocycles. The van der Waals surface area contributed by atoms with E-state index in [1.807, 2.05) is 6.20 Å². The zero-order chi connectivity index (χ0) is 12.1. The number of nitrogens with zero attached hydrogens (tertiary/aromatic N) is 1. The minimum Gasteiger partial charge on any atom is -0.311 e. The Morgan fingerprint density at radius 3 is 2.82 bits per heavy atom. The molecule has 2 rings (SSSR count). The van der Waals surface area contributed by atoms with Gasteiger partial charge >= 0.3 is 0 Å². The van der Waals surface area contributed by atoms with Gasteiger partial charge in [-0.3, -0.25) is 4.98 Å². The number of hydrogen-bond donors (Lipinski definition) is 1. The van der Waals surface area contributed by atoms with E-state index in [9.17, 15) is 0 Å². The monoisotopic (exact) mass is 232 g/mol. The van der Waals surface area contributed by atoms with Gasteiger partial charge in [-0.05, 0) is 43.4 Å². The van der Waals surface area contributed by atoms with Gasteiger partial charge in [0, 0.05) is 12.7 Å². The van der Waals surface area contributed by atoms with Crippen LogP contribution in [0.4, 0.5) is 0 Å². The van der Waals surface area contributed by atoms with Crippen molar-refractivity contribution in [2.75, 3.05) is 6.54 Å². The minimum atomic E-state index is 0.870. The highest BCUT2D eigenvalue weighted by atomic mass is 14.9.